The van der Waals surface area contributed by atoms with Gasteiger partial charge in [0, 0.05) is 26.3 Å². The van der Waals surface area contributed by atoms with Gasteiger partial charge in [-0.3, -0.25) is 0 Å². The minimum atomic E-state index is -3.54. The van der Waals surface area contributed by atoms with Gasteiger partial charge in [0.25, 0.3) is 10.0 Å². The predicted molar refractivity (Wildman–Crippen MR) is 78.1 cm³/mol. The lowest BCUT2D eigenvalue weighted by molar-refractivity contribution is 0.578. The van der Waals surface area contributed by atoms with Gasteiger partial charge in [0.2, 0.25) is 0 Å². The van der Waals surface area contributed by atoms with Crippen molar-refractivity contribution in [3.8, 4) is 0 Å². The molecule has 0 amide bonds. The minimum absolute atomic E-state index is 0.0833. The first-order valence-electron chi connectivity index (χ1n) is 6.16. The molecule has 0 saturated heterocycles. The van der Waals surface area contributed by atoms with Crippen molar-refractivity contribution in [3.63, 3.8) is 0 Å². The number of aromatic nitrogens is 2. The van der Waals surface area contributed by atoms with Gasteiger partial charge >= 0.3 is 0 Å². The number of hydrogen-bond donors (Lipinski definition) is 2. The third kappa shape index (κ3) is 3.37. The Morgan fingerprint density at radius 1 is 1.25 bits per heavy atom. The van der Waals surface area contributed by atoms with Crippen LogP contribution in [-0.4, -0.2) is 32.5 Å². The molecule has 2 rings (SSSR count). The Bertz CT molecular complexity index is 675. The number of nitrogens with zero attached hydrogens (tertiary/aromatic N) is 2. The van der Waals surface area contributed by atoms with Crippen LogP contribution in [0.15, 0.2) is 35.5 Å². The molecule has 1 aromatic carbocycles. The van der Waals surface area contributed by atoms with Crippen LogP contribution in [0.1, 0.15) is 11.4 Å². The average Bonchev–Trinajstić information content (AvgIpc) is 2.84. The van der Waals surface area contributed by atoms with Crippen LogP contribution in [0.25, 0.3) is 0 Å². The second-order valence-corrected chi connectivity index (χ2v) is 6.45. The molecular formula is C13H18N4O2S. The van der Waals surface area contributed by atoms with Gasteiger partial charge in [0.1, 0.15) is 5.82 Å². The van der Waals surface area contributed by atoms with E-state index >= 15 is 0 Å². The number of nitrogens with one attached hydrogen (secondary N) is 2. The summed E-state index contributed by atoms with van der Waals surface area (Å²) >= 11 is 0. The van der Waals surface area contributed by atoms with Gasteiger partial charge in [-0.15, -0.1) is 0 Å². The molecule has 0 spiro atoms. The number of sulfonamides is 1. The lowest BCUT2D eigenvalue weighted by Crippen LogP contribution is -2.23. The molecule has 0 unspecified atom stereocenters. The number of imidazole rings is 1. The van der Waals surface area contributed by atoms with E-state index in [4.69, 9.17) is 0 Å². The molecular weight excluding hydrogens is 276 g/mol. The predicted octanol–water partition coefficient (Wildman–Crippen LogP) is 1.26. The summed E-state index contributed by atoms with van der Waals surface area (Å²) in [6, 6.07) is 7.69. The van der Waals surface area contributed by atoms with Gasteiger partial charge < -0.3 is 9.88 Å². The Hall–Kier alpha value is -1.86. The van der Waals surface area contributed by atoms with Crippen LogP contribution >= 0.6 is 0 Å². The molecule has 0 aliphatic carbocycles. The fourth-order valence-electron chi connectivity index (χ4n) is 1.70. The Morgan fingerprint density at radius 3 is 2.40 bits per heavy atom. The highest BCUT2D eigenvalue weighted by atomic mass is 32.2. The zero-order valence-corrected chi connectivity index (χ0v) is 12.5. The first-order valence-corrected chi connectivity index (χ1v) is 7.64. The smallest absolute Gasteiger partial charge is 0.257 e. The molecule has 0 radical (unpaired) electrons. The van der Waals surface area contributed by atoms with Crippen LogP contribution in [0.4, 0.5) is 5.69 Å². The number of anilines is 1. The zero-order valence-electron chi connectivity index (χ0n) is 11.7. The van der Waals surface area contributed by atoms with E-state index in [9.17, 15) is 8.42 Å². The van der Waals surface area contributed by atoms with Crippen LogP contribution in [0.5, 0.6) is 0 Å². The minimum Gasteiger partial charge on any atom is -0.378 e. The van der Waals surface area contributed by atoms with Crippen molar-refractivity contribution < 1.29 is 8.42 Å². The maximum Gasteiger partial charge on any atom is 0.257 e. The molecule has 0 aliphatic rings. The molecule has 0 bridgehead atoms. The number of H-pyrrole nitrogens is 1. The Kier molecular flexibility index (Phi) is 4.10. The number of aryl methyl sites for hydroxylation is 1. The maximum atomic E-state index is 12.0. The van der Waals surface area contributed by atoms with Crippen molar-refractivity contribution in [2.45, 2.75) is 18.5 Å². The highest BCUT2D eigenvalue weighted by molar-refractivity contribution is 7.89. The fourth-order valence-corrected chi connectivity index (χ4v) is 2.69. The number of rotatable bonds is 5. The lowest BCUT2D eigenvalue weighted by atomic mass is 10.2. The number of aromatic amines is 1. The van der Waals surface area contributed by atoms with E-state index in [1.54, 1.807) is 6.92 Å². The molecule has 1 heterocycles. The third-order valence-electron chi connectivity index (χ3n) is 2.89. The fraction of sp³-hybridized carbons (Fsp3) is 0.308. The molecule has 6 nitrogen and oxygen atoms in total. The van der Waals surface area contributed by atoms with Crippen molar-refractivity contribution >= 4 is 15.7 Å². The van der Waals surface area contributed by atoms with Gasteiger partial charge in [-0.25, -0.2) is 18.1 Å². The standard InChI is InChI=1S/C13H18N4O2S/c1-10-14-9-13(16-10)20(18,19)15-8-11-4-6-12(7-5-11)17(2)3/h4-7,9,15H,8H2,1-3H3,(H,14,16). The van der Waals surface area contributed by atoms with Gasteiger partial charge in [-0.1, -0.05) is 12.1 Å². The Balaban J connectivity index is 2.04. The first-order chi connectivity index (χ1) is 9.38. The first kappa shape index (κ1) is 14.5. The molecule has 1 aromatic heterocycles. The van der Waals surface area contributed by atoms with Gasteiger partial charge in [0.05, 0.1) is 6.20 Å². The van der Waals surface area contributed by atoms with Crippen molar-refractivity contribution in [1.29, 1.82) is 0 Å². The molecule has 0 atom stereocenters. The molecule has 0 saturated carbocycles. The molecule has 20 heavy (non-hydrogen) atoms. The third-order valence-corrected chi connectivity index (χ3v) is 4.20. The van der Waals surface area contributed by atoms with Gasteiger partial charge in [-0.05, 0) is 24.6 Å². The molecule has 2 aromatic rings. The van der Waals surface area contributed by atoms with Crippen LogP contribution in [-0.2, 0) is 16.6 Å². The van der Waals surface area contributed by atoms with Gasteiger partial charge in [-0.2, -0.15) is 0 Å². The number of benzene rings is 1. The van der Waals surface area contributed by atoms with Crippen molar-refractivity contribution in [2.24, 2.45) is 0 Å². The Morgan fingerprint density at radius 2 is 1.90 bits per heavy atom. The largest absolute Gasteiger partial charge is 0.378 e. The van der Waals surface area contributed by atoms with E-state index in [1.165, 1.54) is 6.20 Å². The highest BCUT2D eigenvalue weighted by Crippen LogP contribution is 2.13. The molecule has 7 heteroatoms. The summed E-state index contributed by atoms with van der Waals surface area (Å²) in [7, 11) is 0.371. The summed E-state index contributed by atoms with van der Waals surface area (Å²) in [5.74, 6) is 0.570. The van der Waals surface area contributed by atoms with Crippen LogP contribution < -0.4 is 9.62 Å². The van der Waals surface area contributed by atoms with E-state index in [1.807, 2.05) is 43.3 Å². The Labute approximate surface area is 118 Å². The summed E-state index contributed by atoms with van der Waals surface area (Å²) in [5.41, 5.74) is 1.97. The monoisotopic (exact) mass is 294 g/mol. The summed E-state index contributed by atoms with van der Waals surface area (Å²) in [5, 5.41) is 0.0833. The SMILES string of the molecule is Cc1ncc(S(=O)(=O)NCc2ccc(N(C)C)cc2)[nH]1. The van der Waals surface area contributed by atoms with Crippen molar-refractivity contribution in [2.75, 3.05) is 19.0 Å². The quantitative estimate of drug-likeness (QED) is 0.870. The maximum absolute atomic E-state index is 12.0. The summed E-state index contributed by atoms with van der Waals surface area (Å²) < 4.78 is 26.5. The molecule has 2 N–H and O–H groups in total. The topological polar surface area (TPSA) is 78.1 Å². The van der Waals surface area contributed by atoms with E-state index in [2.05, 4.69) is 14.7 Å². The van der Waals surface area contributed by atoms with E-state index < -0.39 is 10.0 Å². The zero-order chi connectivity index (χ0) is 14.8. The van der Waals surface area contributed by atoms with E-state index in [0.29, 0.717) is 5.82 Å². The van der Waals surface area contributed by atoms with Crippen LogP contribution in [0.3, 0.4) is 0 Å². The van der Waals surface area contributed by atoms with Crippen molar-refractivity contribution in [3.05, 3.63) is 41.9 Å². The normalized spacial score (nSPS) is 11.6. The lowest BCUT2D eigenvalue weighted by Gasteiger charge is -2.12. The highest BCUT2D eigenvalue weighted by Gasteiger charge is 2.15. The van der Waals surface area contributed by atoms with Crippen LogP contribution in [0.2, 0.25) is 0 Å². The molecule has 108 valence electrons. The van der Waals surface area contributed by atoms with Crippen molar-refractivity contribution in [1.82, 2.24) is 14.7 Å². The number of hydrogen-bond acceptors (Lipinski definition) is 4. The molecule has 0 fully saturated rings. The second kappa shape index (κ2) is 5.64. The second-order valence-electron chi connectivity index (χ2n) is 4.72. The van der Waals surface area contributed by atoms with Crippen LogP contribution in [0, 0.1) is 6.92 Å². The summed E-state index contributed by atoms with van der Waals surface area (Å²) in [6.45, 7) is 1.95. The summed E-state index contributed by atoms with van der Waals surface area (Å²) in [4.78, 5) is 8.58. The summed E-state index contributed by atoms with van der Waals surface area (Å²) in [6.07, 6.45) is 1.31. The van der Waals surface area contributed by atoms with Gasteiger partial charge in [0.15, 0.2) is 5.03 Å². The molecule has 0 aliphatic heterocycles. The van der Waals surface area contributed by atoms with E-state index in [-0.39, 0.29) is 11.6 Å². The average molecular weight is 294 g/mol. The van der Waals surface area contributed by atoms with E-state index in [0.717, 1.165) is 11.3 Å².